The molecule has 4 aromatic heterocycles. The first-order chi connectivity index (χ1) is 16.0. The smallest absolute Gasteiger partial charge is 0.286 e. The van der Waals surface area contributed by atoms with Gasteiger partial charge < -0.3 is 5.73 Å². The fourth-order valence-electron chi connectivity index (χ4n) is 4.24. The Labute approximate surface area is 188 Å². The zero-order chi connectivity index (χ0) is 23.0. The van der Waals surface area contributed by atoms with Gasteiger partial charge in [0.1, 0.15) is 11.4 Å². The highest BCUT2D eigenvalue weighted by atomic mass is 16.1. The lowest BCUT2D eigenvalue weighted by atomic mass is 9.67. The number of hydrogen-bond donors (Lipinski definition) is 1. The minimum Gasteiger partial charge on any atom is -0.363 e. The molecule has 0 saturated heterocycles. The van der Waals surface area contributed by atoms with E-state index >= 15 is 0 Å². The normalized spacial score (nSPS) is 19.4. The van der Waals surface area contributed by atoms with E-state index < -0.39 is 11.4 Å². The molecule has 0 spiro atoms. The second kappa shape index (κ2) is 7.77. The summed E-state index contributed by atoms with van der Waals surface area (Å²) in [7, 11) is 0. The number of rotatable bonds is 5. The molecule has 0 unspecified atom stereocenters. The molecule has 0 atom stereocenters. The Morgan fingerprint density at radius 1 is 1.12 bits per heavy atom. The van der Waals surface area contributed by atoms with E-state index in [1.165, 1.54) is 6.20 Å². The van der Waals surface area contributed by atoms with Gasteiger partial charge in [-0.15, -0.1) is 0 Å². The van der Waals surface area contributed by atoms with Crippen LogP contribution in [0.2, 0.25) is 0 Å². The van der Waals surface area contributed by atoms with E-state index in [2.05, 4.69) is 27.1 Å². The van der Waals surface area contributed by atoms with Crippen LogP contribution >= 0.6 is 0 Å². The summed E-state index contributed by atoms with van der Waals surface area (Å²) in [6, 6.07) is 13.5. The molecule has 0 bridgehead atoms. The molecule has 10 nitrogen and oxygen atoms in total. The van der Waals surface area contributed by atoms with Gasteiger partial charge in [0.25, 0.3) is 5.91 Å². The van der Waals surface area contributed by atoms with Crippen molar-refractivity contribution in [1.29, 1.82) is 10.5 Å². The highest BCUT2D eigenvalue weighted by molar-refractivity contribution is 5.94. The van der Waals surface area contributed by atoms with Crippen molar-refractivity contribution in [3.8, 4) is 34.9 Å². The average molecular weight is 435 g/mol. The minimum absolute atomic E-state index is 0.0744. The van der Waals surface area contributed by atoms with E-state index in [0.717, 1.165) is 5.39 Å². The Hall–Kier alpha value is -4.70. The first kappa shape index (κ1) is 20.2. The van der Waals surface area contributed by atoms with Gasteiger partial charge in [-0.1, -0.05) is 0 Å². The lowest BCUT2D eigenvalue weighted by Gasteiger charge is -2.43. The summed E-state index contributed by atoms with van der Waals surface area (Å²) in [6.07, 6.45) is 6.41. The summed E-state index contributed by atoms with van der Waals surface area (Å²) in [5.41, 5.74) is 7.66. The van der Waals surface area contributed by atoms with Crippen LogP contribution in [-0.2, 0) is 5.54 Å². The van der Waals surface area contributed by atoms with Crippen molar-refractivity contribution >= 4 is 16.8 Å². The van der Waals surface area contributed by atoms with Gasteiger partial charge in [-0.05, 0) is 43.2 Å². The molecular weight excluding hydrogens is 418 g/mol. The van der Waals surface area contributed by atoms with Gasteiger partial charge in [0.2, 0.25) is 5.82 Å². The molecule has 33 heavy (non-hydrogen) atoms. The molecule has 1 amide bonds. The zero-order valence-corrected chi connectivity index (χ0v) is 17.4. The standard InChI is InChI=1S/C23H17N9O/c24-6-5-23(11-14(12-23)13-25)32-9-4-17(31-32)20-15-2-1-7-27-18(15)10-19(29-20)16-3-8-28-22(30-16)21(26)33/h1-4,7-10,14H,5,11-12H2,(H2,26,33). The van der Waals surface area contributed by atoms with E-state index in [4.69, 9.17) is 15.8 Å². The number of nitrogens with two attached hydrogens (primary N) is 1. The molecular formula is C23H17N9O. The van der Waals surface area contributed by atoms with Gasteiger partial charge in [-0.25, -0.2) is 15.0 Å². The average Bonchev–Trinajstić information content (AvgIpc) is 3.31. The molecule has 1 saturated carbocycles. The predicted octanol–water partition coefficient (Wildman–Crippen LogP) is 2.59. The van der Waals surface area contributed by atoms with Crippen LogP contribution in [-0.4, -0.2) is 35.6 Å². The molecule has 10 heteroatoms. The molecule has 2 N–H and O–H groups in total. The molecule has 1 aliphatic carbocycles. The fraction of sp³-hybridized carbons (Fsp3) is 0.217. The number of pyridine rings is 2. The number of hydrogen-bond acceptors (Lipinski definition) is 8. The Bertz CT molecular complexity index is 1470. The Kier molecular flexibility index (Phi) is 4.76. The van der Waals surface area contributed by atoms with Gasteiger partial charge >= 0.3 is 0 Å². The predicted molar refractivity (Wildman–Crippen MR) is 117 cm³/mol. The number of amides is 1. The summed E-state index contributed by atoms with van der Waals surface area (Å²) in [5.74, 6) is -0.903. The maximum atomic E-state index is 11.5. The highest BCUT2D eigenvalue weighted by Crippen LogP contribution is 2.46. The first-order valence-electron chi connectivity index (χ1n) is 10.2. The topological polar surface area (TPSA) is 160 Å². The number of fused-ring (bicyclic) bond motifs is 1. The second-order valence-electron chi connectivity index (χ2n) is 7.99. The van der Waals surface area contributed by atoms with E-state index in [0.29, 0.717) is 41.1 Å². The molecule has 1 aliphatic rings. The van der Waals surface area contributed by atoms with Crippen LogP contribution in [0, 0.1) is 28.6 Å². The number of aromatic nitrogens is 6. The van der Waals surface area contributed by atoms with Crippen molar-refractivity contribution in [2.75, 3.05) is 0 Å². The minimum atomic E-state index is -0.728. The Morgan fingerprint density at radius 3 is 2.73 bits per heavy atom. The van der Waals surface area contributed by atoms with Gasteiger partial charge in [-0.3, -0.25) is 14.5 Å². The van der Waals surface area contributed by atoms with Crippen LogP contribution in [0.5, 0.6) is 0 Å². The van der Waals surface area contributed by atoms with Crippen molar-refractivity contribution in [3.05, 3.63) is 54.7 Å². The second-order valence-corrected chi connectivity index (χ2v) is 7.99. The van der Waals surface area contributed by atoms with Gasteiger partial charge in [-0.2, -0.15) is 15.6 Å². The molecule has 5 rings (SSSR count). The summed E-state index contributed by atoms with van der Waals surface area (Å²) in [6.45, 7) is 0. The fourth-order valence-corrected chi connectivity index (χ4v) is 4.24. The van der Waals surface area contributed by atoms with Crippen molar-refractivity contribution in [3.63, 3.8) is 0 Å². The van der Waals surface area contributed by atoms with E-state index in [1.54, 1.807) is 23.0 Å². The molecule has 160 valence electrons. The molecule has 0 aliphatic heterocycles. The SMILES string of the molecule is N#CCC1(n2ccc(-c3nc(-c4ccnc(C(N)=O)n4)cc4ncccc34)n2)CC(C#N)C1. The maximum Gasteiger partial charge on any atom is 0.286 e. The van der Waals surface area contributed by atoms with Crippen LogP contribution in [0.25, 0.3) is 33.7 Å². The maximum absolute atomic E-state index is 11.5. The van der Waals surface area contributed by atoms with E-state index in [1.807, 2.05) is 24.4 Å². The third kappa shape index (κ3) is 3.44. The lowest BCUT2D eigenvalue weighted by Crippen LogP contribution is -2.46. The highest BCUT2D eigenvalue weighted by Gasteiger charge is 2.46. The molecule has 0 aromatic carbocycles. The number of primary amides is 1. The molecule has 1 fully saturated rings. The van der Waals surface area contributed by atoms with Crippen LogP contribution in [0.3, 0.4) is 0 Å². The lowest BCUT2D eigenvalue weighted by molar-refractivity contribution is 0.0884. The zero-order valence-electron chi connectivity index (χ0n) is 17.4. The third-order valence-corrected chi connectivity index (χ3v) is 5.90. The van der Waals surface area contributed by atoms with Crippen molar-refractivity contribution in [2.24, 2.45) is 11.7 Å². The van der Waals surface area contributed by atoms with Crippen LogP contribution in [0.4, 0.5) is 0 Å². The van der Waals surface area contributed by atoms with Crippen molar-refractivity contribution < 1.29 is 4.79 Å². The Morgan fingerprint density at radius 2 is 1.97 bits per heavy atom. The van der Waals surface area contributed by atoms with E-state index in [-0.39, 0.29) is 18.2 Å². The van der Waals surface area contributed by atoms with Crippen LogP contribution in [0.1, 0.15) is 29.9 Å². The van der Waals surface area contributed by atoms with Gasteiger partial charge in [0.15, 0.2) is 0 Å². The van der Waals surface area contributed by atoms with Gasteiger partial charge in [0.05, 0.1) is 46.9 Å². The number of carbonyl (C=O) groups is 1. The molecule has 0 radical (unpaired) electrons. The van der Waals surface area contributed by atoms with Crippen molar-refractivity contribution in [1.82, 2.24) is 29.7 Å². The third-order valence-electron chi connectivity index (χ3n) is 5.90. The summed E-state index contributed by atoms with van der Waals surface area (Å²) < 4.78 is 1.78. The number of carbonyl (C=O) groups excluding carboxylic acids is 1. The van der Waals surface area contributed by atoms with Crippen molar-refractivity contribution in [2.45, 2.75) is 24.8 Å². The quantitative estimate of drug-likeness (QED) is 0.500. The Balaban J connectivity index is 1.62. The number of nitriles is 2. The van der Waals surface area contributed by atoms with Crippen LogP contribution < -0.4 is 5.73 Å². The first-order valence-corrected chi connectivity index (χ1v) is 10.2. The summed E-state index contributed by atoms with van der Waals surface area (Å²) in [5, 5.41) is 24.1. The molecule has 4 aromatic rings. The van der Waals surface area contributed by atoms with Gasteiger partial charge in [0, 0.05) is 24.0 Å². The summed E-state index contributed by atoms with van der Waals surface area (Å²) in [4.78, 5) is 28.9. The van der Waals surface area contributed by atoms with Crippen LogP contribution in [0.15, 0.2) is 48.9 Å². The molecule has 4 heterocycles. The largest absolute Gasteiger partial charge is 0.363 e. The summed E-state index contributed by atoms with van der Waals surface area (Å²) >= 11 is 0. The number of nitrogens with zero attached hydrogens (tertiary/aromatic N) is 8. The van der Waals surface area contributed by atoms with E-state index in [9.17, 15) is 15.3 Å². The monoisotopic (exact) mass is 435 g/mol.